The quantitative estimate of drug-likeness (QED) is 0.843. The second-order valence-electron chi connectivity index (χ2n) is 6.01. The van der Waals surface area contributed by atoms with E-state index in [-0.39, 0.29) is 12.0 Å². The van der Waals surface area contributed by atoms with E-state index in [4.69, 9.17) is 9.47 Å². The molecule has 0 radical (unpaired) electrons. The Morgan fingerprint density at radius 3 is 2.84 bits per heavy atom. The minimum atomic E-state index is -0.233. The molecule has 7 heteroatoms. The molecule has 0 bridgehead atoms. The number of aromatic nitrogens is 2. The van der Waals surface area contributed by atoms with Gasteiger partial charge >= 0.3 is 0 Å². The zero-order chi connectivity index (χ0) is 17.8. The average Bonchev–Trinajstić information content (AvgIpc) is 2.67. The highest BCUT2D eigenvalue weighted by atomic mass is 16.5. The first-order valence-electron chi connectivity index (χ1n) is 8.13. The number of carbonyl (C=O) groups is 1. The Bertz CT molecular complexity index is 733. The summed E-state index contributed by atoms with van der Waals surface area (Å²) in [6, 6.07) is 9.24. The largest absolute Gasteiger partial charge is 0.481 e. The molecule has 2 aromatic heterocycles. The van der Waals surface area contributed by atoms with Crippen molar-refractivity contribution < 1.29 is 14.3 Å². The number of ether oxygens (including phenoxy) is 2. The van der Waals surface area contributed by atoms with Crippen LogP contribution in [0.25, 0.3) is 0 Å². The van der Waals surface area contributed by atoms with Crippen LogP contribution < -0.4 is 9.64 Å². The second kappa shape index (κ2) is 7.48. The standard InChI is InChI=1S/C18H22N4O3/c1-21(2)16-6-4-5-14(20-16)15-12-22(9-10-25-15)18(23)13-7-8-17(24-3)19-11-13/h4-8,11,15H,9-10,12H2,1-3H3/t15-/m1/s1. The molecule has 1 saturated heterocycles. The van der Waals surface area contributed by atoms with Crippen LogP contribution in [0.3, 0.4) is 0 Å². The van der Waals surface area contributed by atoms with Crippen molar-refractivity contribution in [2.45, 2.75) is 6.10 Å². The summed E-state index contributed by atoms with van der Waals surface area (Å²) in [5.41, 5.74) is 1.37. The van der Waals surface area contributed by atoms with Crippen molar-refractivity contribution in [3.05, 3.63) is 47.8 Å². The molecule has 0 N–H and O–H groups in total. The number of morpholine rings is 1. The molecule has 25 heavy (non-hydrogen) atoms. The fraction of sp³-hybridized carbons (Fsp3) is 0.389. The van der Waals surface area contributed by atoms with E-state index in [2.05, 4.69) is 9.97 Å². The number of hydrogen-bond donors (Lipinski definition) is 0. The lowest BCUT2D eigenvalue weighted by Gasteiger charge is -2.33. The van der Waals surface area contributed by atoms with Crippen molar-refractivity contribution in [1.29, 1.82) is 0 Å². The number of pyridine rings is 2. The van der Waals surface area contributed by atoms with Crippen LogP contribution in [0.4, 0.5) is 5.82 Å². The molecule has 1 amide bonds. The number of anilines is 1. The average molecular weight is 342 g/mol. The van der Waals surface area contributed by atoms with Gasteiger partial charge in [-0.15, -0.1) is 0 Å². The first-order valence-corrected chi connectivity index (χ1v) is 8.13. The topological polar surface area (TPSA) is 67.8 Å². The first kappa shape index (κ1) is 17.2. The highest BCUT2D eigenvalue weighted by Crippen LogP contribution is 2.23. The Labute approximate surface area is 147 Å². The van der Waals surface area contributed by atoms with E-state index in [1.807, 2.05) is 37.2 Å². The smallest absolute Gasteiger partial charge is 0.255 e. The van der Waals surface area contributed by atoms with Gasteiger partial charge in [-0.2, -0.15) is 0 Å². The van der Waals surface area contributed by atoms with Crippen LogP contribution in [-0.2, 0) is 4.74 Å². The molecule has 3 heterocycles. The molecule has 1 aliphatic rings. The number of methoxy groups -OCH3 is 1. The van der Waals surface area contributed by atoms with E-state index < -0.39 is 0 Å². The van der Waals surface area contributed by atoms with Gasteiger partial charge in [0.15, 0.2) is 0 Å². The van der Waals surface area contributed by atoms with Gasteiger partial charge in [0.1, 0.15) is 11.9 Å². The predicted octanol–water partition coefficient (Wildman–Crippen LogP) is 1.76. The number of amides is 1. The van der Waals surface area contributed by atoms with Gasteiger partial charge in [0.25, 0.3) is 5.91 Å². The van der Waals surface area contributed by atoms with Crippen molar-refractivity contribution in [1.82, 2.24) is 14.9 Å². The maximum Gasteiger partial charge on any atom is 0.255 e. The SMILES string of the molecule is COc1ccc(C(=O)N2CCO[C@@H](c3cccc(N(C)C)n3)C2)cn1. The molecule has 1 fully saturated rings. The van der Waals surface area contributed by atoms with Crippen molar-refractivity contribution in [3.63, 3.8) is 0 Å². The summed E-state index contributed by atoms with van der Waals surface area (Å²) in [6.45, 7) is 1.50. The van der Waals surface area contributed by atoms with Crippen LogP contribution in [0.1, 0.15) is 22.2 Å². The third-order valence-electron chi connectivity index (χ3n) is 4.09. The van der Waals surface area contributed by atoms with E-state index in [9.17, 15) is 4.79 Å². The number of rotatable bonds is 4. The lowest BCUT2D eigenvalue weighted by atomic mass is 10.1. The van der Waals surface area contributed by atoms with Gasteiger partial charge in [-0.1, -0.05) is 6.07 Å². The zero-order valence-corrected chi connectivity index (χ0v) is 14.7. The molecular weight excluding hydrogens is 320 g/mol. The van der Waals surface area contributed by atoms with Crippen molar-refractivity contribution in [2.24, 2.45) is 0 Å². The van der Waals surface area contributed by atoms with Gasteiger partial charge in [0.2, 0.25) is 5.88 Å². The van der Waals surface area contributed by atoms with Crippen molar-refractivity contribution in [3.8, 4) is 5.88 Å². The third kappa shape index (κ3) is 3.88. The van der Waals surface area contributed by atoms with E-state index in [1.54, 1.807) is 24.1 Å². The Kier molecular flexibility index (Phi) is 5.14. The Hall–Kier alpha value is -2.67. The van der Waals surface area contributed by atoms with Gasteiger partial charge in [-0.05, 0) is 18.2 Å². The van der Waals surface area contributed by atoms with Crippen LogP contribution in [0.5, 0.6) is 5.88 Å². The number of nitrogens with zero attached hydrogens (tertiary/aromatic N) is 4. The molecule has 0 unspecified atom stereocenters. The van der Waals surface area contributed by atoms with E-state index in [0.29, 0.717) is 31.1 Å². The maximum absolute atomic E-state index is 12.7. The van der Waals surface area contributed by atoms with Gasteiger partial charge in [-0.25, -0.2) is 9.97 Å². The van der Waals surface area contributed by atoms with Crippen LogP contribution >= 0.6 is 0 Å². The monoisotopic (exact) mass is 342 g/mol. The van der Waals surface area contributed by atoms with E-state index in [0.717, 1.165) is 11.5 Å². The molecule has 0 spiro atoms. The van der Waals surface area contributed by atoms with Crippen LogP contribution in [0, 0.1) is 0 Å². The molecule has 7 nitrogen and oxygen atoms in total. The zero-order valence-electron chi connectivity index (χ0n) is 14.7. The molecular formula is C18H22N4O3. The van der Waals surface area contributed by atoms with Gasteiger partial charge in [-0.3, -0.25) is 4.79 Å². The Morgan fingerprint density at radius 2 is 2.16 bits per heavy atom. The highest BCUT2D eigenvalue weighted by molar-refractivity contribution is 5.94. The molecule has 1 aliphatic heterocycles. The van der Waals surface area contributed by atoms with Crippen LogP contribution in [0.2, 0.25) is 0 Å². The Balaban J connectivity index is 1.74. The van der Waals surface area contributed by atoms with Crippen LogP contribution in [-0.4, -0.2) is 61.7 Å². The second-order valence-corrected chi connectivity index (χ2v) is 6.01. The summed E-state index contributed by atoms with van der Waals surface area (Å²) >= 11 is 0. The summed E-state index contributed by atoms with van der Waals surface area (Å²) in [7, 11) is 5.44. The summed E-state index contributed by atoms with van der Waals surface area (Å²) in [5.74, 6) is 1.29. The third-order valence-corrected chi connectivity index (χ3v) is 4.09. The molecule has 0 aliphatic carbocycles. The first-order chi connectivity index (χ1) is 12.1. The normalized spacial score (nSPS) is 17.2. The summed E-state index contributed by atoms with van der Waals surface area (Å²) in [6.07, 6.45) is 1.31. The predicted molar refractivity (Wildman–Crippen MR) is 93.9 cm³/mol. The number of carbonyl (C=O) groups excluding carboxylic acids is 1. The van der Waals surface area contributed by atoms with Crippen LogP contribution in [0.15, 0.2) is 36.5 Å². The fourth-order valence-corrected chi connectivity index (χ4v) is 2.69. The van der Waals surface area contributed by atoms with Gasteiger partial charge in [0.05, 0.1) is 31.5 Å². The minimum Gasteiger partial charge on any atom is -0.481 e. The summed E-state index contributed by atoms with van der Waals surface area (Å²) in [4.78, 5) is 25.2. The molecule has 3 rings (SSSR count). The highest BCUT2D eigenvalue weighted by Gasteiger charge is 2.27. The summed E-state index contributed by atoms with van der Waals surface area (Å²) in [5, 5.41) is 0. The van der Waals surface area contributed by atoms with Crippen molar-refractivity contribution >= 4 is 11.7 Å². The molecule has 1 atom stereocenters. The molecule has 2 aromatic rings. The fourth-order valence-electron chi connectivity index (χ4n) is 2.69. The van der Waals surface area contributed by atoms with Crippen molar-refractivity contribution in [2.75, 3.05) is 45.8 Å². The van der Waals surface area contributed by atoms with E-state index >= 15 is 0 Å². The minimum absolute atomic E-state index is 0.0628. The molecule has 0 saturated carbocycles. The molecule has 0 aromatic carbocycles. The number of hydrogen-bond acceptors (Lipinski definition) is 6. The summed E-state index contributed by atoms with van der Waals surface area (Å²) < 4.78 is 10.9. The van der Waals surface area contributed by atoms with Gasteiger partial charge < -0.3 is 19.3 Å². The van der Waals surface area contributed by atoms with E-state index in [1.165, 1.54) is 6.20 Å². The Morgan fingerprint density at radius 1 is 1.32 bits per heavy atom. The lowest BCUT2D eigenvalue weighted by molar-refractivity contribution is -0.0247. The van der Waals surface area contributed by atoms with Gasteiger partial charge in [0, 0.05) is 32.9 Å². The maximum atomic E-state index is 12.7. The molecule has 132 valence electrons. The lowest BCUT2D eigenvalue weighted by Crippen LogP contribution is -2.42.